The van der Waals surface area contributed by atoms with Crippen molar-refractivity contribution < 1.29 is 4.74 Å². The number of anilines is 1. The molecule has 3 heteroatoms. The normalized spacial score (nSPS) is 29.3. The fraction of sp³-hybridized carbons (Fsp3) is 0.588. The molecule has 0 aromatic heterocycles. The average Bonchev–Trinajstić information content (AvgIpc) is 3.07. The third-order valence-corrected chi connectivity index (χ3v) is 4.86. The summed E-state index contributed by atoms with van der Waals surface area (Å²) in [6, 6.07) is 10.1. The Morgan fingerprint density at radius 2 is 2.10 bits per heavy atom. The van der Waals surface area contributed by atoms with Crippen molar-refractivity contribution in [2.75, 3.05) is 24.6 Å². The van der Waals surface area contributed by atoms with Crippen LogP contribution in [0.25, 0.3) is 0 Å². The quantitative estimate of drug-likeness (QED) is 0.828. The molecule has 1 spiro atoms. The molecule has 2 saturated heterocycles. The van der Waals surface area contributed by atoms with E-state index in [1.54, 1.807) is 0 Å². The molecule has 3 rings (SSSR count). The van der Waals surface area contributed by atoms with Crippen LogP contribution in [-0.2, 0) is 4.74 Å². The van der Waals surface area contributed by atoms with Crippen LogP contribution in [0.5, 0.6) is 0 Å². The first kappa shape index (κ1) is 13.5. The molecule has 0 unspecified atom stereocenters. The van der Waals surface area contributed by atoms with Gasteiger partial charge in [0.05, 0.1) is 23.8 Å². The molecule has 0 aliphatic carbocycles. The molecule has 2 atom stereocenters. The van der Waals surface area contributed by atoms with E-state index >= 15 is 0 Å². The minimum Gasteiger partial charge on any atom is -0.373 e. The number of rotatable bonds is 2. The van der Waals surface area contributed by atoms with E-state index in [1.807, 2.05) is 24.3 Å². The van der Waals surface area contributed by atoms with Gasteiger partial charge < -0.3 is 9.64 Å². The third-order valence-electron chi connectivity index (χ3n) is 4.86. The van der Waals surface area contributed by atoms with Crippen molar-refractivity contribution in [3.63, 3.8) is 0 Å². The highest BCUT2D eigenvalue weighted by Crippen LogP contribution is 2.41. The van der Waals surface area contributed by atoms with Crippen LogP contribution in [0.3, 0.4) is 0 Å². The Hall–Kier alpha value is -1.53. The fourth-order valence-corrected chi connectivity index (χ4v) is 3.40. The molecular weight excluding hydrogens is 248 g/mol. The number of hydrogen-bond donors (Lipinski definition) is 0. The van der Waals surface area contributed by atoms with E-state index in [9.17, 15) is 0 Å². The third kappa shape index (κ3) is 2.41. The molecule has 3 nitrogen and oxygen atoms in total. The highest BCUT2D eigenvalue weighted by molar-refractivity contribution is 5.51. The number of benzene rings is 1. The topological polar surface area (TPSA) is 36.3 Å². The summed E-state index contributed by atoms with van der Waals surface area (Å²) in [5, 5.41) is 8.86. The summed E-state index contributed by atoms with van der Waals surface area (Å²) in [6.45, 7) is 7.54. The molecule has 0 bridgehead atoms. The number of ether oxygens (including phenoxy) is 1. The highest BCUT2D eigenvalue weighted by Gasteiger charge is 2.46. The second kappa shape index (κ2) is 5.10. The van der Waals surface area contributed by atoms with Gasteiger partial charge in [-0.05, 0) is 48.9 Å². The zero-order chi connectivity index (χ0) is 14.2. The van der Waals surface area contributed by atoms with Crippen LogP contribution >= 0.6 is 0 Å². The number of nitrogens with zero attached hydrogens (tertiary/aromatic N) is 2. The van der Waals surface area contributed by atoms with Crippen LogP contribution in [0.2, 0.25) is 0 Å². The Kier molecular flexibility index (Phi) is 3.43. The second-order valence-electron chi connectivity index (χ2n) is 6.53. The lowest BCUT2D eigenvalue weighted by Crippen LogP contribution is -2.32. The van der Waals surface area contributed by atoms with Crippen LogP contribution in [0.15, 0.2) is 24.3 Å². The summed E-state index contributed by atoms with van der Waals surface area (Å²) in [5.41, 5.74) is 2.00. The molecule has 106 valence electrons. The lowest BCUT2D eigenvalue weighted by molar-refractivity contribution is 0.0212. The second-order valence-corrected chi connectivity index (χ2v) is 6.53. The Morgan fingerprint density at radius 1 is 1.35 bits per heavy atom. The van der Waals surface area contributed by atoms with Crippen molar-refractivity contribution in [3.05, 3.63) is 29.8 Å². The maximum Gasteiger partial charge on any atom is 0.0991 e. The summed E-state index contributed by atoms with van der Waals surface area (Å²) < 4.78 is 6.18. The van der Waals surface area contributed by atoms with Gasteiger partial charge in [0.2, 0.25) is 0 Å². The minimum atomic E-state index is 0.0723. The number of hydrogen-bond acceptors (Lipinski definition) is 3. The van der Waals surface area contributed by atoms with Crippen molar-refractivity contribution in [1.29, 1.82) is 5.26 Å². The molecule has 1 aromatic rings. The summed E-state index contributed by atoms with van der Waals surface area (Å²) in [5.74, 6) is 1.41. The molecule has 2 aliphatic heterocycles. The van der Waals surface area contributed by atoms with Gasteiger partial charge in [0.25, 0.3) is 0 Å². The Morgan fingerprint density at radius 3 is 2.70 bits per heavy atom. The van der Waals surface area contributed by atoms with Crippen molar-refractivity contribution in [1.82, 2.24) is 0 Å². The standard InChI is InChI=1S/C17H22N2O/c1-13(2)15-9-17(20-11-15)7-8-19(12-17)16-5-3-14(10-18)4-6-16/h3-6,13,15H,7-9,11-12H2,1-2H3/t15-,17-/m1/s1. The first-order valence-corrected chi connectivity index (χ1v) is 7.51. The van der Waals surface area contributed by atoms with Gasteiger partial charge in [-0.25, -0.2) is 0 Å². The zero-order valence-electron chi connectivity index (χ0n) is 12.3. The van der Waals surface area contributed by atoms with E-state index in [-0.39, 0.29) is 5.60 Å². The predicted octanol–water partition coefficient (Wildman–Crippen LogP) is 3.20. The van der Waals surface area contributed by atoms with E-state index in [0.717, 1.165) is 31.7 Å². The maximum absolute atomic E-state index is 8.86. The van der Waals surface area contributed by atoms with E-state index in [0.29, 0.717) is 11.8 Å². The molecule has 0 amide bonds. The Bertz CT molecular complexity index is 517. The zero-order valence-corrected chi connectivity index (χ0v) is 12.3. The van der Waals surface area contributed by atoms with Gasteiger partial charge in [-0.2, -0.15) is 5.26 Å². The summed E-state index contributed by atoms with van der Waals surface area (Å²) >= 11 is 0. The first-order chi connectivity index (χ1) is 9.62. The smallest absolute Gasteiger partial charge is 0.0991 e. The molecule has 2 fully saturated rings. The van der Waals surface area contributed by atoms with Crippen LogP contribution in [0.4, 0.5) is 5.69 Å². The van der Waals surface area contributed by atoms with E-state index in [2.05, 4.69) is 24.8 Å². The summed E-state index contributed by atoms with van der Waals surface area (Å²) in [4.78, 5) is 2.39. The number of nitriles is 1. The van der Waals surface area contributed by atoms with Crippen LogP contribution < -0.4 is 4.90 Å². The summed E-state index contributed by atoms with van der Waals surface area (Å²) in [6.07, 6.45) is 2.31. The van der Waals surface area contributed by atoms with Gasteiger partial charge >= 0.3 is 0 Å². The lowest BCUT2D eigenvalue weighted by Gasteiger charge is -2.25. The van der Waals surface area contributed by atoms with Gasteiger partial charge in [-0.1, -0.05) is 13.8 Å². The summed E-state index contributed by atoms with van der Waals surface area (Å²) in [7, 11) is 0. The first-order valence-electron chi connectivity index (χ1n) is 7.51. The maximum atomic E-state index is 8.86. The van der Waals surface area contributed by atoms with E-state index in [1.165, 1.54) is 12.1 Å². The Balaban J connectivity index is 1.69. The largest absolute Gasteiger partial charge is 0.373 e. The van der Waals surface area contributed by atoms with Gasteiger partial charge in [0, 0.05) is 18.8 Å². The molecule has 0 radical (unpaired) electrons. The molecule has 2 heterocycles. The molecule has 20 heavy (non-hydrogen) atoms. The van der Waals surface area contributed by atoms with Gasteiger partial charge in [0.1, 0.15) is 0 Å². The van der Waals surface area contributed by atoms with Crippen LogP contribution in [0, 0.1) is 23.2 Å². The Labute approximate surface area is 121 Å². The van der Waals surface area contributed by atoms with Crippen molar-refractivity contribution in [3.8, 4) is 6.07 Å². The van der Waals surface area contributed by atoms with E-state index < -0.39 is 0 Å². The van der Waals surface area contributed by atoms with Crippen molar-refractivity contribution >= 4 is 5.69 Å². The molecule has 0 N–H and O–H groups in total. The van der Waals surface area contributed by atoms with Gasteiger partial charge in [-0.15, -0.1) is 0 Å². The van der Waals surface area contributed by atoms with E-state index in [4.69, 9.17) is 10.00 Å². The molecule has 1 aromatic carbocycles. The van der Waals surface area contributed by atoms with Crippen molar-refractivity contribution in [2.24, 2.45) is 11.8 Å². The SMILES string of the molecule is CC(C)[C@H]1CO[C@]2(CCN(c3ccc(C#N)cc3)C2)C1. The minimum absolute atomic E-state index is 0.0723. The molecule has 0 saturated carbocycles. The predicted molar refractivity (Wildman–Crippen MR) is 79.6 cm³/mol. The van der Waals surface area contributed by atoms with Gasteiger partial charge in [0.15, 0.2) is 0 Å². The fourth-order valence-electron chi connectivity index (χ4n) is 3.40. The average molecular weight is 270 g/mol. The lowest BCUT2D eigenvalue weighted by atomic mass is 9.87. The van der Waals surface area contributed by atoms with Crippen LogP contribution in [-0.4, -0.2) is 25.3 Å². The molecular formula is C17H22N2O. The highest BCUT2D eigenvalue weighted by atomic mass is 16.5. The van der Waals surface area contributed by atoms with Gasteiger partial charge in [-0.3, -0.25) is 0 Å². The monoisotopic (exact) mass is 270 g/mol. The van der Waals surface area contributed by atoms with Crippen LogP contribution in [0.1, 0.15) is 32.3 Å². The van der Waals surface area contributed by atoms with Crippen molar-refractivity contribution in [2.45, 2.75) is 32.3 Å². The molecule has 2 aliphatic rings.